The number of hydrogen-bond donors (Lipinski definition) is 2. The predicted octanol–water partition coefficient (Wildman–Crippen LogP) is 0.604. The van der Waals surface area contributed by atoms with Crippen molar-refractivity contribution in [3.05, 3.63) is 34.2 Å². The molecule has 0 spiro atoms. The van der Waals surface area contributed by atoms with Gasteiger partial charge in [-0.3, -0.25) is 15.1 Å². The Bertz CT molecular complexity index is 410. The largest absolute Gasteiger partial charge is 0.399 e. The first kappa shape index (κ1) is 11.8. The highest BCUT2D eigenvalue weighted by Crippen LogP contribution is 2.34. The molecule has 0 heterocycles. The Labute approximate surface area is 98.7 Å². The third kappa shape index (κ3) is 2.52. The van der Waals surface area contributed by atoms with Crippen molar-refractivity contribution >= 4 is 5.71 Å². The number of aliphatic hydroxyl groups is 1. The number of nitro groups is 1. The van der Waals surface area contributed by atoms with E-state index in [-0.39, 0.29) is 17.7 Å². The lowest BCUT2D eigenvalue weighted by molar-refractivity contribution is -0.415. The van der Waals surface area contributed by atoms with Crippen LogP contribution in [0.4, 0.5) is 0 Å². The van der Waals surface area contributed by atoms with E-state index in [2.05, 4.69) is 4.99 Å². The van der Waals surface area contributed by atoms with E-state index >= 15 is 0 Å². The Morgan fingerprint density at radius 1 is 1.59 bits per heavy atom. The van der Waals surface area contributed by atoms with E-state index in [9.17, 15) is 15.2 Å². The van der Waals surface area contributed by atoms with Gasteiger partial charge in [0.2, 0.25) is 0 Å². The second-order valence-corrected chi connectivity index (χ2v) is 4.32. The average Bonchev–Trinajstić information content (AvgIpc) is 3.04. The van der Waals surface area contributed by atoms with Crippen molar-refractivity contribution in [1.82, 2.24) is 0 Å². The quantitative estimate of drug-likeness (QED) is 0.323. The zero-order valence-electron chi connectivity index (χ0n) is 9.32. The van der Waals surface area contributed by atoms with Gasteiger partial charge in [-0.1, -0.05) is 12.2 Å². The summed E-state index contributed by atoms with van der Waals surface area (Å²) < 4.78 is 0. The van der Waals surface area contributed by atoms with E-state index in [0.717, 1.165) is 19.0 Å². The SMILES string of the molecule is NC=C(C(=NC1CC=CC1O)C1CC1)[N+](=O)[O-]. The fraction of sp³-hybridized carbons (Fsp3) is 0.545. The highest BCUT2D eigenvalue weighted by atomic mass is 16.6. The molecule has 0 aliphatic heterocycles. The van der Waals surface area contributed by atoms with Gasteiger partial charge in [0.05, 0.1) is 23.3 Å². The van der Waals surface area contributed by atoms with Gasteiger partial charge in [-0.25, -0.2) is 0 Å². The second kappa shape index (κ2) is 4.67. The number of allylic oxidation sites excluding steroid dienone is 1. The molecule has 0 radical (unpaired) electrons. The van der Waals surface area contributed by atoms with Crippen LogP contribution in [-0.2, 0) is 0 Å². The Morgan fingerprint density at radius 3 is 2.71 bits per heavy atom. The molecule has 0 amide bonds. The summed E-state index contributed by atoms with van der Waals surface area (Å²) in [5.74, 6) is 0.128. The maximum absolute atomic E-state index is 10.9. The highest BCUT2D eigenvalue weighted by molar-refractivity contribution is 6.01. The topological polar surface area (TPSA) is 102 Å². The Morgan fingerprint density at radius 2 is 2.29 bits per heavy atom. The molecule has 0 saturated heterocycles. The number of nitrogens with zero attached hydrogens (tertiary/aromatic N) is 2. The first-order chi connectivity index (χ1) is 8.13. The molecule has 2 aliphatic rings. The zero-order chi connectivity index (χ0) is 12.4. The van der Waals surface area contributed by atoms with Crippen molar-refractivity contribution in [2.24, 2.45) is 16.6 Å². The molecule has 2 aliphatic carbocycles. The lowest BCUT2D eigenvalue weighted by Gasteiger charge is -2.11. The normalized spacial score (nSPS) is 29.7. The fourth-order valence-electron chi connectivity index (χ4n) is 1.91. The van der Waals surface area contributed by atoms with Crippen LogP contribution < -0.4 is 5.73 Å². The van der Waals surface area contributed by atoms with E-state index in [0.29, 0.717) is 12.1 Å². The summed E-state index contributed by atoms with van der Waals surface area (Å²) in [5.41, 5.74) is 5.59. The molecule has 3 N–H and O–H groups in total. The van der Waals surface area contributed by atoms with Crippen LogP contribution in [0.3, 0.4) is 0 Å². The standard InChI is InChI=1S/C11H15N3O3/c12-6-9(14(16)17)11(7-4-5-7)13-8-2-1-3-10(8)15/h1,3,6-8,10,15H,2,4-5,12H2. The number of aliphatic imine (C=N–C) groups is 1. The van der Waals surface area contributed by atoms with E-state index in [1.54, 1.807) is 6.08 Å². The summed E-state index contributed by atoms with van der Waals surface area (Å²) in [6.45, 7) is 0. The van der Waals surface area contributed by atoms with Gasteiger partial charge in [0, 0.05) is 5.92 Å². The maximum atomic E-state index is 10.9. The van der Waals surface area contributed by atoms with Crippen LogP contribution in [0.5, 0.6) is 0 Å². The van der Waals surface area contributed by atoms with Crippen molar-refractivity contribution < 1.29 is 10.0 Å². The van der Waals surface area contributed by atoms with Gasteiger partial charge >= 0.3 is 5.70 Å². The molecule has 92 valence electrons. The van der Waals surface area contributed by atoms with E-state index < -0.39 is 11.0 Å². The van der Waals surface area contributed by atoms with Gasteiger partial charge in [0.1, 0.15) is 5.71 Å². The molecule has 6 nitrogen and oxygen atoms in total. The van der Waals surface area contributed by atoms with Crippen molar-refractivity contribution in [1.29, 1.82) is 0 Å². The molecule has 0 aromatic carbocycles. The molecule has 0 aromatic heterocycles. The Hall–Kier alpha value is -1.69. The smallest absolute Gasteiger partial charge is 0.305 e. The van der Waals surface area contributed by atoms with Crippen LogP contribution in [0.25, 0.3) is 0 Å². The monoisotopic (exact) mass is 237 g/mol. The average molecular weight is 237 g/mol. The number of hydrogen-bond acceptors (Lipinski definition) is 5. The summed E-state index contributed by atoms with van der Waals surface area (Å²) in [7, 11) is 0. The molecule has 1 fully saturated rings. The van der Waals surface area contributed by atoms with Gasteiger partial charge in [-0.15, -0.1) is 0 Å². The second-order valence-electron chi connectivity index (χ2n) is 4.32. The van der Waals surface area contributed by atoms with Gasteiger partial charge in [0.15, 0.2) is 0 Å². The third-order valence-electron chi connectivity index (χ3n) is 2.99. The van der Waals surface area contributed by atoms with Crippen LogP contribution in [0.2, 0.25) is 0 Å². The molecule has 2 unspecified atom stereocenters. The first-order valence-corrected chi connectivity index (χ1v) is 5.62. The number of aliphatic hydroxyl groups excluding tert-OH is 1. The maximum Gasteiger partial charge on any atom is 0.305 e. The minimum absolute atomic E-state index is 0.128. The van der Waals surface area contributed by atoms with Gasteiger partial charge in [-0.2, -0.15) is 0 Å². The van der Waals surface area contributed by atoms with Gasteiger partial charge in [-0.05, 0) is 19.3 Å². The zero-order valence-corrected chi connectivity index (χ0v) is 9.32. The molecular formula is C11H15N3O3. The van der Waals surface area contributed by atoms with Crippen LogP contribution in [-0.4, -0.2) is 27.9 Å². The third-order valence-corrected chi connectivity index (χ3v) is 2.99. The lowest BCUT2D eigenvalue weighted by Crippen LogP contribution is -2.23. The van der Waals surface area contributed by atoms with Crippen LogP contribution >= 0.6 is 0 Å². The molecule has 1 saturated carbocycles. The highest BCUT2D eigenvalue weighted by Gasteiger charge is 2.36. The Balaban J connectivity index is 2.23. The number of nitrogens with two attached hydrogens (primary N) is 1. The summed E-state index contributed by atoms with van der Waals surface area (Å²) in [6, 6.07) is -0.305. The van der Waals surface area contributed by atoms with E-state index in [4.69, 9.17) is 5.73 Å². The molecule has 17 heavy (non-hydrogen) atoms. The molecule has 2 rings (SSSR count). The van der Waals surface area contributed by atoms with Crippen LogP contribution in [0.15, 0.2) is 29.0 Å². The molecule has 0 aromatic rings. The fourth-order valence-corrected chi connectivity index (χ4v) is 1.91. The van der Waals surface area contributed by atoms with Crippen molar-refractivity contribution in [3.8, 4) is 0 Å². The van der Waals surface area contributed by atoms with Gasteiger partial charge < -0.3 is 10.8 Å². The summed E-state index contributed by atoms with van der Waals surface area (Å²) >= 11 is 0. The van der Waals surface area contributed by atoms with Crippen LogP contribution in [0.1, 0.15) is 19.3 Å². The molecular weight excluding hydrogens is 222 g/mol. The summed E-state index contributed by atoms with van der Waals surface area (Å²) in [5, 5.41) is 20.5. The first-order valence-electron chi connectivity index (χ1n) is 5.62. The summed E-state index contributed by atoms with van der Waals surface area (Å²) in [6.07, 6.45) is 6.27. The van der Waals surface area contributed by atoms with E-state index in [1.807, 2.05) is 6.08 Å². The van der Waals surface area contributed by atoms with E-state index in [1.165, 1.54) is 0 Å². The lowest BCUT2D eigenvalue weighted by atomic mass is 10.1. The minimum atomic E-state index is -0.644. The number of rotatable bonds is 4. The van der Waals surface area contributed by atoms with Crippen LogP contribution in [0, 0.1) is 16.0 Å². The van der Waals surface area contributed by atoms with Crippen molar-refractivity contribution in [2.45, 2.75) is 31.4 Å². The molecule has 0 bridgehead atoms. The van der Waals surface area contributed by atoms with Crippen molar-refractivity contribution in [2.75, 3.05) is 0 Å². The summed E-state index contributed by atoms with van der Waals surface area (Å²) in [4.78, 5) is 14.7. The Kier molecular flexibility index (Phi) is 3.23. The minimum Gasteiger partial charge on any atom is -0.399 e. The van der Waals surface area contributed by atoms with Gasteiger partial charge in [0.25, 0.3) is 0 Å². The molecule has 6 heteroatoms. The molecule has 2 atom stereocenters. The predicted molar refractivity (Wildman–Crippen MR) is 63.0 cm³/mol. The van der Waals surface area contributed by atoms with Crippen molar-refractivity contribution in [3.63, 3.8) is 0 Å².